The summed E-state index contributed by atoms with van der Waals surface area (Å²) in [6, 6.07) is 6.49. The molecule has 0 aliphatic heterocycles. The summed E-state index contributed by atoms with van der Waals surface area (Å²) in [6.07, 6.45) is 0. The van der Waals surface area contributed by atoms with Gasteiger partial charge in [0.05, 0.1) is 0 Å². The summed E-state index contributed by atoms with van der Waals surface area (Å²) in [6.45, 7) is 6.25. The molecule has 17 heavy (non-hydrogen) atoms. The Morgan fingerprint density at radius 2 is 2.12 bits per heavy atom. The van der Waals surface area contributed by atoms with Crippen LogP contribution in [0.5, 0.6) is 0 Å². The molecule has 1 aromatic carbocycles. The first kappa shape index (κ1) is 12.5. The Bertz CT molecular complexity index is 598. The molecule has 5 heteroatoms. The van der Waals surface area contributed by atoms with E-state index >= 15 is 0 Å². The Balaban J connectivity index is 2.61. The van der Waals surface area contributed by atoms with Gasteiger partial charge in [-0.1, -0.05) is 28.1 Å². The van der Waals surface area contributed by atoms with E-state index < -0.39 is 0 Å². The van der Waals surface area contributed by atoms with Crippen LogP contribution in [0.2, 0.25) is 0 Å². The van der Waals surface area contributed by atoms with Crippen LogP contribution in [-0.2, 0) is 0 Å². The zero-order valence-corrected chi connectivity index (χ0v) is 12.4. The fourth-order valence-electron chi connectivity index (χ4n) is 1.72. The van der Waals surface area contributed by atoms with E-state index in [-0.39, 0.29) is 6.04 Å². The van der Waals surface area contributed by atoms with Gasteiger partial charge in [0, 0.05) is 16.1 Å². The van der Waals surface area contributed by atoms with Gasteiger partial charge in [0.2, 0.25) is 0 Å². The molecule has 0 atom stereocenters. The van der Waals surface area contributed by atoms with Gasteiger partial charge in [0.1, 0.15) is 0 Å². The number of nitrogens with one attached hydrogen (secondary N) is 1. The molecule has 0 amide bonds. The fraction of sp³-hybridized carbons (Fsp3) is 0.333. The molecule has 2 aromatic rings. The SMILES string of the molecule is Cc1ccc(-c2n[nH]c(=S)n2C(C)C)cc1Br. The Morgan fingerprint density at radius 1 is 1.41 bits per heavy atom. The van der Waals surface area contributed by atoms with E-state index in [1.807, 2.05) is 4.57 Å². The van der Waals surface area contributed by atoms with Gasteiger partial charge < -0.3 is 0 Å². The lowest BCUT2D eigenvalue weighted by Crippen LogP contribution is -2.03. The van der Waals surface area contributed by atoms with E-state index in [9.17, 15) is 0 Å². The quantitative estimate of drug-likeness (QED) is 0.841. The summed E-state index contributed by atoms with van der Waals surface area (Å²) in [5.41, 5.74) is 2.27. The molecule has 0 aliphatic carbocycles. The molecular weight excluding hydrogens is 298 g/mol. The highest BCUT2D eigenvalue weighted by molar-refractivity contribution is 9.10. The minimum Gasteiger partial charge on any atom is -0.298 e. The van der Waals surface area contributed by atoms with Crippen molar-refractivity contribution < 1.29 is 0 Å². The van der Waals surface area contributed by atoms with Gasteiger partial charge in [0.15, 0.2) is 10.6 Å². The highest BCUT2D eigenvalue weighted by atomic mass is 79.9. The molecule has 1 aromatic heterocycles. The predicted octanol–water partition coefficient (Wildman–Crippen LogP) is 4.26. The minimum atomic E-state index is 0.288. The second kappa shape index (κ2) is 4.74. The molecule has 0 unspecified atom stereocenters. The van der Waals surface area contributed by atoms with Crippen molar-refractivity contribution in [3.63, 3.8) is 0 Å². The lowest BCUT2D eigenvalue weighted by Gasteiger charge is -2.10. The van der Waals surface area contributed by atoms with Crippen LogP contribution >= 0.6 is 28.1 Å². The number of rotatable bonds is 2. The summed E-state index contributed by atoms with van der Waals surface area (Å²) < 4.78 is 3.76. The topological polar surface area (TPSA) is 33.6 Å². The molecule has 1 N–H and O–H groups in total. The van der Waals surface area contributed by atoms with Crippen molar-refractivity contribution in [3.05, 3.63) is 33.0 Å². The van der Waals surface area contributed by atoms with Gasteiger partial charge in [-0.3, -0.25) is 9.67 Å². The molecule has 0 fully saturated rings. The third-order valence-electron chi connectivity index (χ3n) is 2.65. The van der Waals surface area contributed by atoms with Gasteiger partial charge in [-0.15, -0.1) is 0 Å². The van der Waals surface area contributed by atoms with Crippen LogP contribution in [0.15, 0.2) is 22.7 Å². The lowest BCUT2D eigenvalue weighted by molar-refractivity contribution is 0.597. The lowest BCUT2D eigenvalue weighted by atomic mass is 10.1. The van der Waals surface area contributed by atoms with Crippen LogP contribution in [0.3, 0.4) is 0 Å². The highest BCUT2D eigenvalue weighted by Crippen LogP contribution is 2.26. The average molecular weight is 312 g/mol. The van der Waals surface area contributed by atoms with Crippen LogP contribution < -0.4 is 0 Å². The predicted molar refractivity (Wildman–Crippen MR) is 75.7 cm³/mol. The van der Waals surface area contributed by atoms with Gasteiger partial charge >= 0.3 is 0 Å². The van der Waals surface area contributed by atoms with Gasteiger partial charge in [0.25, 0.3) is 0 Å². The summed E-state index contributed by atoms with van der Waals surface area (Å²) in [7, 11) is 0. The number of hydrogen-bond donors (Lipinski definition) is 1. The van der Waals surface area contributed by atoms with Crippen LogP contribution in [0, 0.1) is 11.7 Å². The number of halogens is 1. The molecule has 0 saturated carbocycles. The van der Waals surface area contributed by atoms with Crippen LogP contribution in [0.25, 0.3) is 11.4 Å². The Morgan fingerprint density at radius 3 is 2.71 bits per heavy atom. The first-order chi connectivity index (χ1) is 8.00. The summed E-state index contributed by atoms with van der Waals surface area (Å²) in [5.74, 6) is 0.880. The maximum atomic E-state index is 5.24. The molecule has 0 bridgehead atoms. The van der Waals surface area contributed by atoms with E-state index in [1.54, 1.807) is 0 Å². The molecule has 0 spiro atoms. The van der Waals surface area contributed by atoms with Crippen LogP contribution in [-0.4, -0.2) is 14.8 Å². The first-order valence-electron chi connectivity index (χ1n) is 5.44. The summed E-state index contributed by atoms with van der Waals surface area (Å²) >= 11 is 8.78. The third kappa shape index (κ3) is 2.35. The molecule has 3 nitrogen and oxygen atoms in total. The second-order valence-corrected chi connectivity index (χ2v) is 5.52. The number of benzene rings is 1. The average Bonchev–Trinajstić information content (AvgIpc) is 2.64. The van der Waals surface area contributed by atoms with Crippen LogP contribution in [0.4, 0.5) is 0 Å². The molecular formula is C12H14BrN3S. The Kier molecular flexibility index (Phi) is 3.49. The Hall–Kier alpha value is -0.940. The van der Waals surface area contributed by atoms with Crippen molar-refractivity contribution in [2.75, 3.05) is 0 Å². The van der Waals surface area contributed by atoms with E-state index in [0.717, 1.165) is 15.9 Å². The number of hydrogen-bond acceptors (Lipinski definition) is 2. The van der Waals surface area contributed by atoms with Crippen molar-refractivity contribution in [2.24, 2.45) is 0 Å². The van der Waals surface area contributed by atoms with Gasteiger partial charge in [-0.2, -0.15) is 5.10 Å². The van der Waals surface area contributed by atoms with Crippen molar-refractivity contribution in [2.45, 2.75) is 26.8 Å². The fourth-order valence-corrected chi connectivity index (χ4v) is 2.44. The molecule has 2 rings (SSSR count). The highest BCUT2D eigenvalue weighted by Gasteiger charge is 2.11. The Labute approximate surface area is 114 Å². The number of aromatic nitrogens is 3. The van der Waals surface area contributed by atoms with Crippen molar-refractivity contribution in [3.8, 4) is 11.4 Å². The smallest absolute Gasteiger partial charge is 0.195 e. The van der Waals surface area contributed by atoms with E-state index in [4.69, 9.17) is 12.2 Å². The maximum absolute atomic E-state index is 5.24. The first-order valence-corrected chi connectivity index (χ1v) is 6.64. The van der Waals surface area contributed by atoms with Gasteiger partial charge in [-0.25, -0.2) is 0 Å². The number of aromatic amines is 1. The molecule has 1 heterocycles. The molecule has 0 saturated heterocycles. The van der Waals surface area contributed by atoms with E-state index in [0.29, 0.717) is 4.77 Å². The van der Waals surface area contributed by atoms with Crippen molar-refractivity contribution >= 4 is 28.1 Å². The van der Waals surface area contributed by atoms with Crippen molar-refractivity contribution in [1.82, 2.24) is 14.8 Å². The van der Waals surface area contributed by atoms with Gasteiger partial charge in [-0.05, 0) is 44.6 Å². The molecule has 0 aliphatic rings. The number of nitrogens with zero attached hydrogens (tertiary/aromatic N) is 2. The molecule has 90 valence electrons. The normalized spacial score (nSPS) is 11.1. The van der Waals surface area contributed by atoms with Crippen LogP contribution in [0.1, 0.15) is 25.5 Å². The molecule has 0 radical (unpaired) electrons. The van der Waals surface area contributed by atoms with E-state index in [2.05, 4.69) is 65.1 Å². The summed E-state index contributed by atoms with van der Waals surface area (Å²) in [5, 5.41) is 7.15. The number of H-pyrrole nitrogens is 1. The largest absolute Gasteiger partial charge is 0.298 e. The van der Waals surface area contributed by atoms with Crippen molar-refractivity contribution in [1.29, 1.82) is 0 Å². The minimum absolute atomic E-state index is 0.288. The van der Waals surface area contributed by atoms with E-state index in [1.165, 1.54) is 5.56 Å². The maximum Gasteiger partial charge on any atom is 0.195 e. The number of aryl methyl sites for hydroxylation is 1. The monoisotopic (exact) mass is 311 g/mol. The third-order valence-corrected chi connectivity index (χ3v) is 3.79. The standard InChI is InChI=1S/C12H14BrN3S/c1-7(2)16-11(14-15-12(16)17)9-5-4-8(3)10(13)6-9/h4-7H,1-3H3,(H,15,17). The zero-order valence-electron chi connectivity index (χ0n) is 9.99. The zero-order chi connectivity index (χ0) is 12.6. The summed E-state index contributed by atoms with van der Waals surface area (Å²) in [4.78, 5) is 0. The second-order valence-electron chi connectivity index (χ2n) is 4.28.